The van der Waals surface area contributed by atoms with E-state index in [0.29, 0.717) is 0 Å². The second-order valence-electron chi connectivity index (χ2n) is 4.41. The fourth-order valence-electron chi connectivity index (χ4n) is 2.45. The Bertz CT molecular complexity index is 889. The average molecular weight is 344 g/mol. The standard InChI is InChI=1S/C16H9IO/c17-14-7-3-6-12-13-8-10-4-1-2-5-11(10)9-15(13)18-16(12)14/h1-9H. The Balaban J connectivity index is 2.27. The van der Waals surface area contributed by atoms with Crippen molar-refractivity contribution in [2.45, 2.75) is 0 Å². The number of para-hydroxylation sites is 1. The number of benzene rings is 3. The molecule has 0 aliphatic heterocycles. The van der Waals surface area contributed by atoms with Crippen molar-refractivity contribution in [2.24, 2.45) is 0 Å². The van der Waals surface area contributed by atoms with E-state index in [-0.39, 0.29) is 0 Å². The summed E-state index contributed by atoms with van der Waals surface area (Å²) in [4.78, 5) is 0. The lowest BCUT2D eigenvalue weighted by Gasteiger charge is -1.96. The normalized spacial score (nSPS) is 11.6. The summed E-state index contributed by atoms with van der Waals surface area (Å²) in [5, 5.41) is 4.87. The van der Waals surface area contributed by atoms with E-state index in [1.165, 1.54) is 21.5 Å². The second kappa shape index (κ2) is 3.72. The Morgan fingerprint density at radius 2 is 1.56 bits per heavy atom. The Hall–Kier alpha value is -1.55. The van der Waals surface area contributed by atoms with E-state index in [2.05, 4.69) is 77.2 Å². The number of hydrogen-bond donors (Lipinski definition) is 0. The maximum Gasteiger partial charge on any atom is 0.148 e. The summed E-state index contributed by atoms with van der Waals surface area (Å²) in [6.07, 6.45) is 0. The van der Waals surface area contributed by atoms with E-state index in [4.69, 9.17) is 4.42 Å². The molecule has 86 valence electrons. The van der Waals surface area contributed by atoms with Gasteiger partial charge in [0.15, 0.2) is 0 Å². The molecule has 1 aromatic heterocycles. The van der Waals surface area contributed by atoms with Crippen LogP contribution in [0.15, 0.2) is 59.0 Å². The Kier molecular flexibility index (Phi) is 2.14. The maximum atomic E-state index is 5.98. The molecule has 0 unspecified atom stereocenters. The minimum absolute atomic E-state index is 0.966. The molecule has 0 saturated carbocycles. The first-order valence-electron chi connectivity index (χ1n) is 5.82. The summed E-state index contributed by atoms with van der Waals surface area (Å²) in [5.74, 6) is 0. The van der Waals surface area contributed by atoms with Crippen LogP contribution < -0.4 is 0 Å². The van der Waals surface area contributed by atoms with Crippen LogP contribution in [0.1, 0.15) is 0 Å². The lowest BCUT2D eigenvalue weighted by atomic mass is 10.1. The molecule has 18 heavy (non-hydrogen) atoms. The monoisotopic (exact) mass is 344 g/mol. The molecule has 1 nitrogen and oxygen atoms in total. The van der Waals surface area contributed by atoms with Crippen LogP contribution in [0.25, 0.3) is 32.7 Å². The Labute approximate surface area is 118 Å². The van der Waals surface area contributed by atoms with Gasteiger partial charge in [0, 0.05) is 10.8 Å². The highest BCUT2D eigenvalue weighted by Crippen LogP contribution is 2.33. The van der Waals surface area contributed by atoms with Crippen LogP contribution in [-0.2, 0) is 0 Å². The zero-order chi connectivity index (χ0) is 12.1. The summed E-state index contributed by atoms with van der Waals surface area (Å²) < 4.78 is 7.14. The van der Waals surface area contributed by atoms with Crippen molar-refractivity contribution >= 4 is 55.3 Å². The fraction of sp³-hybridized carbons (Fsp3) is 0. The van der Waals surface area contributed by atoms with Gasteiger partial charge in [-0.05, 0) is 51.6 Å². The summed E-state index contributed by atoms with van der Waals surface area (Å²) in [7, 11) is 0. The quantitative estimate of drug-likeness (QED) is 0.392. The van der Waals surface area contributed by atoms with Crippen LogP contribution in [0, 0.1) is 3.57 Å². The molecule has 0 amide bonds. The van der Waals surface area contributed by atoms with Gasteiger partial charge in [0.05, 0.1) is 3.57 Å². The topological polar surface area (TPSA) is 13.1 Å². The molecule has 0 saturated heterocycles. The van der Waals surface area contributed by atoms with Crippen molar-refractivity contribution in [2.75, 3.05) is 0 Å². The van der Waals surface area contributed by atoms with Gasteiger partial charge in [-0.1, -0.05) is 36.4 Å². The van der Waals surface area contributed by atoms with E-state index in [1.54, 1.807) is 0 Å². The van der Waals surface area contributed by atoms with Gasteiger partial charge in [-0.25, -0.2) is 0 Å². The van der Waals surface area contributed by atoms with Gasteiger partial charge in [0.1, 0.15) is 11.2 Å². The van der Waals surface area contributed by atoms with E-state index < -0.39 is 0 Å². The van der Waals surface area contributed by atoms with E-state index in [1.807, 2.05) is 0 Å². The lowest BCUT2D eigenvalue weighted by molar-refractivity contribution is 0.667. The Morgan fingerprint density at radius 1 is 0.778 bits per heavy atom. The molecule has 1 heterocycles. The van der Waals surface area contributed by atoms with Gasteiger partial charge in [-0.2, -0.15) is 0 Å². The number of furan rings is 1. The van der Waals surface area contributed by atoms with Crippen molar-refractivity contribution in [3.8, 4) is 0 Å². The van der Waals surface area contributed by atoms with Crippen molar-refractivity contribution in [3.05, 3.63) is 58.2 Å². The van der Waals surface area contributed by atoms with Gasteiger partial charge in [-0.3, -0.25) is 0 Å². The van der Waals surface area contributed by atoms with Crippen molar-refractivity contribution in [1.29, 1.82) is 0 Å². The molecule has 0 spiro atoms. The molecule has 0 N–H and O–H groups in total. The maximum absolute atomic E-state index is 5.98. The first kappa shape index (κ1) is 10.4. The molecule has 0 atom stereocenters. The molecule has 3 aromatic carbocycles. The molecular formula is C16H9IO. The van der Waals surface area contributed by atoms with Crippen LogP contribution in [0.3, 0.4) is 0 Å². The first-order chi connectivity index (χ1) is 8.83. The predicted octanol–water partition coefficient (Wildman–Crippen LogP) is 5.34. The van der Waals surface area contributed by atoms with Gasteiger partial charge >= 0.3 is 0 Å². The highest BCUT2D eigenvalue weighted by Gasteiger charge is 2.09. The summed E-state index contributed by atoms with van der Waals surface area (Å²) in [6, 6.07) is 19.0. The zero-order valence-electron chi connectivity index (χ0n) is 9.48. The van der Waals surface area contributed by atoms with Crippen LogP contribution in [0.5, 0.6) is 0 Å². The van der Waals surface area contributed by atoms with Crippen LogP contribution in [0.2, 0.25) is 0 Å². The molecule has 4 rings (SSSR count). The number of halogens is 1. The molecule has 0 fully saturated rings. The summed E-state index contributed by atoms with van der Waals surface area (Å²) in [6.45, 7) is 0. The van der Waals surface area contributed by atoms with E-state index in [0.717, 1.165) is 14.7 Å². The zero-order valence-corrected chi connectivity index (χ0v) is 11.6. The predicted molar refractivity (Wildman–Crippen MR) is 83.9 cm³/mol. The molecule has 0 bridgehead atoms. The van der Waals surface area contributed by atoms with Gasteiger partial charge < -0.3 is 4.42 Å². The third-order valence-electron chi connectivity index (χ3n) is 3.32. The van der Waals surface area contributed by atoms with Gasteiger partial charge in [0.25, 0.3) is 0 Å². The minimum Gasteiger partial charge on any atom is -0.455 e. The number of rotatable bonds is 0. The largest absolute Gasteiger partial charge is 0.455 e. The number of hydrogen-bond acceptors (Lipinski definition) is 1. The molecule has 0 aliphatic rings. The Morgan fingerprint density at radius 3 is 2.39 bits per heavy atom. The highest BCUT2D eigenvalue weighted by atomic mass is 127. The highest BCUT2D eigenvalue weighted by molar-refractivity contribution is 14.1. The average Bonchev–Trinajstić information content (AvgIpc) is 2.76. The van der Waals surface area contributed by atoms with Crippen LogP contribution in [0.4, 0.5) is 0 Å². The minimum atomic E-state index is 0.966. The first-order valence-corrected chi connectivity index (χ1v) is 6.90. The SMILES string of the molecule is Ic1cccc2c1oc1cc3ccccc3cc12. The van der Waals surface area contributed by atoms with Gasteiger partial charge in [-0.15, -0.1) is 0 Å². The lowest BCUT2D eigenvalue weighted by Crippen LogP contribution is -1.72. The van der Waals surface area contributed by atoms with Crippen LogP contribution >= 0.6 is 22.6 Å². The van der Waals surface area contributed by atoms with Crippen molar-refractivity contribution < 1.29 is 4.42 Å². The van der Waals surface area contributed by atoms with E-state index >= 15 is 0 Å². The van der Waals surface area contributed by atoms with E-state index in [9.17, 15) is 0 Å². The molecular weight excluding hydrogens is 335 g/mol. The molecule has 0 radical (unpaired) electrons. The molecule has 2 heteroatoms. The van der Waals surface area contributed by atoms with Crippen LogP contribution in [-0.4, -0.2) is 0 Å². The molecule has 0 aliphatic carbocycles. The van der Waals surface area contributed by atoms with Crippen molar-refractivity contribution in [3.63, 3.8) is 0 Å². The summed E-state index contributed by atoms with van der Waals surface area (Å²) in [5.41, 5.74) is 1.95. The summed E-state index contributed by atoms with van der Waals surface area (Å²) >= 11 is 2.32. The smallest absolute Gasteiger partial charge is 0.148 e. The number of fused-ring (bicyclic) bond motifs is 4. The second-order valence-corrected chi connectivity index (χ2v) is 5.58. The fourth-order valence-corrected chi connectivity index (χ4v) is 3.06. The van der Waals surface area contributed by atoms with Gasteiger partial charge in [0.2, 0.25) is 0 Å². The third kappa shape index (κ3) is 1.38. The molecule has 4 aromatic rings. The third-order valence-corrected chi connectivity index (χ3v) is 4.17. The van der Waals surface area contributed by atoms with Crippen molar-refractivity contribution in [1.82, 2.24) is 0 Å².